The van der Waals surface area contributed by atoms with E-state index in [9.17, 15) is 4.21 Å². The predicted octanol–water partition coefficient (Wildman–Crippen LogP) is 3.94. The molecule has 2 aromatic carbocycles. The number of rotatable bonds is 4. The number of thiazole rings is 2. The highest BCUT2D eigenvalue weighted by atomic mass is 32.2. The van der Waals surface area contributed by atoms with Crippen molar-refractivity contribution in [2.45, 2.75) is 0 Å². The molecule has 22 heavy (non-hydrogen) atoms. The lowest BCUT2D eigenvalue weighted by molar-refractivity contribution is 0.460. The molecule has 0 bridgehead atoms. The average molecular weight is 348 g/mol. The molecule has 0 atom stereocenters. The molecule has 4 aromatic rings. The summed E-state index contributed by atoms with van der Waals surface area (Å²) in [5, 5.41) is 0.612. The van der Waals surface area contributed by atoms with E-state index in [1.54, 1.807) is 0 Å². The van der Waals surface area contributed by atoms with E-state index in [2.05, 4.69) is 9.97 Å². The molecule has 0 aliphatic carbocycles. The standard InChI is InChI=1S/C14H8N2O3S3/c17-22(18-13-15-9-5-1-3-7-11(9)20-13)19-14-16-10-6-2-4-8-12(10)21-14/h1-8H. The quantitative estimate of drug-likeness (QED) is 0.559. The van der Waals surface area contributed by atoms with E-state index >= 15 is 0 Å². The van der Waals surface area contributed by atoms with Crippen LogP contribution in [0.2, 0.25) is 0 Å². The fraction of sp³-hybridized carbons (Fsp3) is 0. The van der Waals surface area contributed by atoms with Crippen molar-refractivity contribution < 1.29 is 12.6 Å². The van der Waals surface area contributed by atoms with Crippen LogP contribution in [0, 0.1) is 0 Å². The van der Waals surface area contributed by atoms with Crippen molar-refractivity contribution in [2.75, 3.05) is 0 Å². The van der Waals surface area contributed by atoms with Crippen molar-refractivity contribution in [1.82, 2.24) is 9.97 Å². The lowest BCUT2D eigenvalue weighted by atomic mass is 10.3. The molecule has 0 unspecified atom stereocenters. The molecule has 4 rings (SSSR count). The zero-order valence-electron chi connectivity index (χ0n) is 11.0. The van der Waals surface area contributed by atoms with Crippen LogP contribution in [0.25, 0.3) is 20.4 Å². The molecule has 0 saturated carbocycles. The minimum absolute atomic E-state index is 0.306. The Morgan fingerprint density at radius 1 is 0.773 bits per heavy atom. The zero-order valence-corrected chi connectivity index (χ0v) is 13.4. The second-order valence-corrected chi connectivity index (χ2v) is 6.99. The third-order valence-corrected chi connectivity index (χ3v) is 5.45. The molecule has 2 aromatic heterocycles. The van der Waals surface area contributed by atoms with Gasteiger partial charge < -0.3 is 8.37 Å². The molecule has 0 amide bonds. The Morgan fingerprint density at radius 3 is 1.68 bits per heavy atom. The number of hydrogen-bond donors (Lipinski definition) is 0. The third-order valence-electron chi connectivity index (χ3n) is 2.83. The van der Waals surface area contributed by atoms with Crippen molar-refractivity contribution >= 4 is 54.5 Å². The summed E-state index contributed by atoms with van der Waals surface area (Å²) < 4.78 is 24.3. The summed E-state index contributed by atoms with van der Waals surface area (Å²) >= 11 is 0.656. The van der Waals surface area contributed by atoms with E-state index in [1.165, 1.54) is 22.7 Å². The molecule has 0 aliphatic heterocycles. The normalized spacial score (nSPS) is 11.3. The van der Waals surface area contributed by atoms with Gasteiger partial charge in [-0.1, -0.05) is 46.9 Å². The lowest BCUT2D eigenvalue weighted by Gasteiger charge is -1.98. The van der Waals surface area contributed by atoms with Gasteiger partial charge in [0, 0.05) is 0 Å². The Kier molecular flexibility index (Phi) is 3.49. The van der Waals surface area contributed by atoms with Crippen LogP contribution in [0.1, 0.15) is 0 Å². The molecule has 8 heteroatoms. The third kappa shape index (κ3) is 2.68. The molecule has 0 radical (unpaired) electrons. The van der Waals surface area contributed by atoms with Gasteiger partial charge in [0.1, 0.15) is 0 Å². The van der Waals surface area contributed by atoms with E-state index in [1.807, 2.05) is 48.5 Å². The van der Waals surface area contributed by atoms with Crippen LogP contribution in [-0.4, -0.2) is 14.2 Å². The molecule has 5 nitrogen and oxygen atoms in total. The maximum Gasteiger partial charge on any atom is 0.422 e. The largest absolute Gasteiger partial charge is 0.422 e. The molecular weight excluding hydrogens is 340 g/mol. The van der Waals surface area contributed by atoms with Gasteiger partial charge in [-0.05, 0) is 24.3 Å². The summed E-state index contributed by atoms with van der Waals surface area (Å²) in [6.45, 7) is 0. The monoisotopic (exact) mass is 348 g/mol. The van der Waals surface area contributed by atoms with Gasteiger partial charge in [-0.25, -0.2) is 9.97 Å². The van der Waals surface area contributed by atoms with Crippen molar-refractivity contribution in [3.63, 3.8) is 0 Å². The van der Waals surface area contributed by atoms with E-state index in [-0.39, 0.29) is 0 Å². The number of nitrogens with zero attached hydrogens (tertiary/aromatic N) is 2. The maximum atomic E-state index is 11.9. The molecule has 0 aliphatic rings. The van der Waals surface area contributed by atoms with Crippen LogP contribution >= 0.6 is 22.7 Å². The van der Waals surface area contributed by atoms with Crippen molar-refractivity contribution in [3.05, 3.63) is 48.5 Å². The van der Waals surface area contributed by atoms with E-state index in [4.69, 9.17) is 8.37 Å². The summed E-state index contributed by atoms with van der Waals surface area (Å²) in [6, 6.07) is 15.2. The van der Waals surface area contributed by atoms with Crippen LogP contribution in [0.5, 0.6) is 10.4 Å². The average Bonchev–Trinajstić information content (AvgIpc) is 3.08. The second-order valence-electron chi connectivity index (χ2n) is 4.27. The number of aromatic nitrogens is 2. The zero-order chi connectivity index (χ0) is 14.9. The first-order valence-electron chi connectivity index (χ1n) is 6.27. The fourth-order valence-corrected chi connectivity index (χ4v) is 4.25. The van der Waals surface area contributed by atoms with Gasteiger partial charge in [-0.15, -0.1) is 0 Å². The van der Waals surface area contributed by atoms with E-state index < -0.39 is 11.4 Å². The van der Waals surface area contributed by atoms with Gasteiger partial charge in [0.05, 0.1) is 20.4 Å². The number of para-hydroxylation sites is 2. The highest BCUT2D eigenvalue weighted by Gasteiger charge is 2.13. The smallest absolute Gasteiger partial charge is 0.340 e. The summed E-state index contributed by atoms with van der Waals surface area (Å²) in [4.78, 5) is 8.49. The lowest BCUT2D eigenvalue weighted by Crippen LogP contribution is -2.07. The molecular formula is C14H8N2O3S3. The van der Waals surface area contributed by atoms with Crippen molar-refractivity contribution in [3.8, 4) is 10.4 Å². The van der Waals surface area contributed by atoms with Crippen LogP contribution < -0.4 is 8.37 Å². The first-order valence-corrected chi connectivity index (χ1v) is 8.91. The van der Waals surface area contributed by atoms with E-state index in [0.717, 1.165) is 20.4 Å². The van der Waals surface area contributed by atoms with Crippen molar-refractivity contribution in [1.29, 1.82) is 0 Å². The van der Waals surface area contributed by atoms with Crippen molar-refractivity contribution in [2.24, 2.45) is 0 Å². The molecule has 0 spiro atoms. The Labute approximate surface area is 136 Å². The molecule has 0 fully saturated rings. The van der Waals surface area contributed by atoms with Gasteiger partial charge in [-0.3, -0.25) is 0 Å². The highest BCUT2D eigenvalue weighted by molar-refractivity contribution is 7.76. The molecule has 110 valence electrons. The van der Waals surface area contributed by atoms with Crippen LogP contribution in [0.3, 0.4) is 0 Å². The SMILES string of the molecule is O=S(Oc1nc2ccccc2s1)Oc1nc2ccccc2s1. The first-order chi connectivity index (χ1) is 10.8. The van der Waals surface area contributed by atoms with Gasteiger partial charge in [0.2, 0.25) is 0 Å². The Morgan fingerprint density at radius 2 is 1.23 bits per heavy atom. The minimum atomic E-state index is -1.98. The van der Waals surface area contributed by atoms with Gasteiger partial charge in [0.25, 0.3) is 10.4 Å². The number of fused-ring (bicyclic) bond motifs is 2. The topological polar surface area (TPSA) is 61.3 Å². The fourth-order valence-electron chi connectivity index (χ4n) is 1.91. The highest BCUT2D eigenvalue weighted by Crippen LogP contribution is 2.30. The molecule has 0 N–H and O–H groups in total. The first kappa shape index (κ1) is 13.6. The Balaban J connectivity index is 1.52. The summed E-state index contributed by atoms with van der Waals surface area (Å²) in [6.07, 6.45) is 0. The van der Waals surface area contributed by atoms with E-state index in [0.29, 0.717) is 10.4 Å². The second kappa shape index (κ2) is 5.64. The van der Waals surface area contributed by atoms with Crippen LogP contribution in [0.15, 0.2) is 48.5 Å². The van der Waals surface area contributed by atoms with Gasteiger partial charge in [-0.2, -0.15) is 4.21 Å². The maximum absolute atomic E-state index is 11.9. The summed E-state index contributed by atoms with van der Waals surface area (Å²) in [5.41, 5.74) is 1.61. The summed E-state index contributed by atoms with van der Waals surface area (Å²) in [7, 11) is 0. The van der Waals surface area contributed by atoms with Crippen LogP contribution in [-0.2, 0) is 11.4 Å². The Bertz CT molecular complexity index is 835. The van der Waals surface area contributed by atoms with Gasteiger partial charge in [0.15, 0.2) is 0 Å². The molecule has 2 heterocycles. The summed E-state index contributed by atoms with van der Waals surface area (Å²) in [5.74, 6) is 0. The van der Waals surface area contributed by atoms with Crippen LogP contribution in [0.4, 0.5) is 0 Å². The predicted molar refractivity (Wildman–Crippen MR) is 88.6 cm³/mol. The minimum Gasteiger partial charge on any atom is -0.340 e. The number of hydrogen-bond acceptors (Lipinski definition) is 7. The number of benzene rings is 2. The Hall–Kier alpha value is -2.03. The van der Waals surface area contributed by atoms with Gasteiger partial charge >= 0.3 is 11.4 Å². The molecule has 0 saturated heterocycles.